The molecule has 1 aromatic carbocycles. The van der Waals surface area contributed by atoms with Crippen molar-refractivity contribution >= 4 is 11.7 Å². The van der Waals surface area contributed by atoms with Crippen LogP contribution in [0.1, 0.15) is 45.1 Å². The summed E-state index contributed by atoms with van der Waals surface area (Å²) in [6.07, 6.45) is 3.77. The molecule has 0 heterocycles. The lowest BCUT2D eigenvalue weighted by atomic mass is 9.78. The number of carboxylic acids is 1. The Morgan fingerprint density at radius 2 is 1.86 bits per heavy atom. The van der Waals surface area contributed by atoms with Crippen molar-refractivity contribution in [2.24, 2.45) is 11.8 Å². The molecule has 3 heteroatoms. The smallest absolute Gasteiger partial charge is 0.305 e. The van der Waals surface area contributed by atoms with E-state index in [1.165, 1.54) is 18.4 Å². The standard InChI is InChI=1S/C18H27NO2/c1-13-4-7-16(8-5-13)19(11-10-18(20)21)17-9-6-14(2)15(3)12-17/h4-5,7-8,14-15,17H,6,9-12H2,1-3H3,(H,20,21). The van der Waals surface area contributed by atoms with Gasteiger partial charge in [0.2, 0.25) is 0 Å². The number of carbonyl (C=O) groups is 1. The Balaban J connectivity index is 2.15. The molecule has 2 rings (SSSR count). The largest absolute Gasteiger partial charge is 0.481 e. The number of nitrogens with zero attached hydrogens (tertiary/aromatic N) is 1. The summed E-state index contributed by atoms with van der Waals surface area (Å²) in [5, 5.41) is 9.02. The lowest BCUT2D eigenvalue weighted by Gasteiger charge is -2.40. The Kier molecular flexibility index (Phi) is 5.27. The Labute approximate surface area is 128 Å². The normalized spacial score (nSPS) is 25.6. The van der Waals surface area contributed by atoms with E-state index in [2.05, 4.69) is 49.9 Å². The van der Waals surface area contributed by atoms with E-state index in [1.54, 1.807) is 0 Å². The molecule has 1 fully saturated rings. The van der Waals surface area contributed by atoms with E-state index < -0.39 is 5.97 Å². The zero-order chi connectivity index (χ0) is 15.4. The summed E-state index contributed by atoms with van der Waals surface area (Å²) in [5.74, 6) is 0.770. The molecule has 1 aliphatic carbocycles. The first-order chi connectivity index (χ1) is 9.97. The predicted molar refractivity (Wildman–Crippen MR) is 86.7 cm³/mol. The molecule has 21 heavy (non-hydrogen) atoms. The predicted octanol–water partition coefficient (Wildman–Crippen LogP) is 4.10. The van der Waals surface area contributed by atoms with Crippen LogP contribution in [0.5, 0.6) is 0 Å². The summed E-state index contributed by atoms with van der Waals surface area (Å²) in [7, 11) is 0. The topological polar surface area (TPSA) is 40.5 Å². The van der Waals surface area contributed by atoms with E-state index in [0.717, 1.165) is 18.0 Å². The van der Waals surface area contributed by atoms with Crippen LogP contribution in [-0.2, 0) is 4.79 Å². The van der Waals surface area contributed by atoms with Crippen molar-refractivity contribution in [3.8, 4) is 0 Å². The van der Waals surface area contributed by atoms with E-state index >= 15 is 0 Å². The molecular weight excluding hydrogens is 262 g/mol. The minimum Gasteiger partial charge on any atom is -0.481 e. The van der Waals surface area contributed by atoms with Crippen molar-refractivity contribution in [1.29, 1.82) is 0 Å². The second-order valence-electron chi connectivity index (χ2n) is 6.59. The van der Waals surface area contributed by atoms with Gasteiger partial charge in [-0.2, -0.15) is 0 Å². The van der Waals surface area contributed by atoms with Crippen LogP contribution >= 0.6 is 0 Å². The van der Waals surface area contributed by atoms with Gasteiger partial charge in [-0.25, -0.2) is 0 Å². The number of carboxylic acid groups (broad SMARTS) is 1. The maximum absolute atomic E-state index is 11.0. The van der Waals surface area contributed by atoms with E-state index in [0.29, 0.717) is 18.5 Å². The first kappa shape index (κ1) is 15.9. The summed E-state index contributed by atoms with van der Waals surface area (Å²) in [5.41, 5.74) is 2.40. The van der Waals surface area contributed by atoms with Gasteiger partial charge in [-0.1, -0.05) is 31.5 Å². The van der Waals surface area contributed by atoms with E-state index in [-0.39, 0.29) is 6.42 Å². The average molecular weight is 289 g/mol. The number of hydrogen-bond donors (Lipinski definition) is 1. The molecule has 3 atom stereocenters. The van der Waals surface area contributed by atoms with Crippen molar-refractivity contribution in [1.82, 2.24) is 0 Å². The second-order valence-corrected chi connectivity index (χ2v) is 6.59. The van der Waals surface area contributed by atoms with Crippen LogP contribution in [0.4, 0.5) is 5.69 Å². The van der Waals surface area contributed by atoms with Crippen LogP contribution in [0, 0.1) is 18.8 Å². The Morgan fingerprint density at radius 1 is 1.19 bits per heavy atom. The molecule has 3 nitrogen and oxygen atoms in total. The minimum atomic E-state index is -0.718. The fourth-order valence-corrected chi connectivity index (χ4v) is 3.28. The summed E-state index contributed by atoms with van der Waals surface area (Å²) in [6, 6.07) is 8.94. The SMILES string of the molecule is Cc1ccc(N(CCC(=O)O)C2CCC(C)C(C)C2)cc1. The zero-order valence-corrected chi connectivity index (χ0v) is 13.4. The van der Waals surface area contributed by atoms with Gasteiger partial charge in [0.05, 0.1) is 6.42 Å². The molecule has 3 unspecified atom stereocenters. The van der Waals surface area contributed by atoms with Gasteiger partial charge >= 0.3 is 5.97 Å². The number of benzene rings is 1. The third-order valence-corrected chi connectivity index (χ3v) is 4.94. The molecule has 0 bridgehead atoms. The van der Waals surface area contributed by atoms with E-state index in [9.17, 15) is 4.79 Å². The van der Waals surface area contributed by atoms with Crippen LogP contribution in [0.15, 0.2) is 24.3 Å². The maximum atomic E-state index is 11.0. The van der Waals surface area contributed by atoms with Crippen molar-refractivity contribution in [3.05, 3.63) is 29.8 Å². The lowest BCUT2D eigenvalue weighted by molar-refractivity contribution is -0.136. The summed E-state index contributed by atoms with van der Waals surface area (Å²) < 4.78 is 0. The van der Waals surface area contributed by atoms with Gasteiger partial charge in [-0.15, -0.1) is 0 Å². The summed E-state index contributed by atoms with van der Waals surface area (Å²) in [4.78, 5) is 13.3. The molecule has 1 aliphatic rings. The molecule has 1 N–H and O–H groups in total. The Bertz CT molecular complexity index is 469. The summed E-state index contributed by atoms with van der Waals surface area (Å²) in [6.45, 7) is 7.33. The molecule has 0 spiro atoms. The number of aliphatic carboxylic acids is 1. The molecule has 0 amide bonds. The van der Waals surface area contributed by atoms with Gasteiger partial charge in [0, 0.05) is 18.3 Å². The first-order valence-electron chi connectivity index (χ1n) is 8.02. The van der Waals surface area contributed by atoms with Crippen LogP contribution in [0.2, 0.25) is 0 Å². The van der Waals surface area contributed by atoms with Gasteiger partial charge in [-0.05, 0) is 50.2 Å². The molecular formula is C18H27NO2. The van der Waals surface area contributed by atoms with Gasteiger partial charge in [0.15, 0.2) is 0 Å². The fraction of sp³-hybridized carbons (Fsp3) is 0.611. The third kappa shape index (κ3) is 4.23. The van der Waals surface area contributed by atoms with Gasteiger partial charge in [0.1, 0.15) is 0 Å². The van der Waals surface area contributed by atoms with Crippen LogP contribution < -0.4 is 4.90 Å². The molecule has 116 valence electrons. The zero-order valence-electron chi connectivity index (χ0n) is 13.4. The summed E-state index contributed by atoms with van der Waals surface area (Å²) >= 11 is 0. The van der Waals surface area contributed by atoms with Crippen molar-refractivity contribution in [2.75, 3.05) is 11.4 Å². The highest BCUT2D eigenvalue weighted by Gasteiger charge is 2.29. The number of rotatable bonds is 5. The molecule has 0 aromatic heterocycles. The van der Waals surface area contributed by atoms with Crippen molar-refractivity contribution < 1.29 is 9.90 Å². The van der Waals surface area contributed by atoms with Crippen molar-refractivity contribution in [3.63, 3.8) is 0 Å². The highest BCUT2D eigenvalue weighted by Crippen LogP contribution is 2.34. The van der Waals surface area contributed by atoms with Crippen LogP contribution in [0.3, 0.4) is 0 Å². The van der Waals surface area contributed by atoms with Crippen LogP contribution in [-0.4, -0.2) is 23.7 Å². The molecule has 0 saturated heterocycles. The molecule has 0 radical (unpaired) electrons. The van der Waals surface area contributed by atoms with Gasteiger partial charge < -0.3 is 10.0 Å². The van der Waals surface area contributed by atoms with E-state index in [4.69, 9.17) is 5.11 Å². The van der Waals surface area contributed by atoms with Gasteiger partial charge in [0.25, 0.3) is 0 Å². The second kappa shape index (κ2) is 6.97. The highest BCUT2D eigenvalue weighted by molar-refractivity contribution is 5.67. The minimum absolute atomic E-state index is 0.203. The highest BCUT2D eigenvalue weighted by atomic mass is 16.4. The quantitative estimate of drug-likeness (QED) is 0.887. The average Bonchev–Trinajstić information content (AvgIpc) is 2.44. The van der Waals surface area contributed by atoms with Crippen molar-refractivity contribution in [2.45, 2.75) is 52.5 Å². The number of aryl methyl sites for hydroxylation is 1. The fourth-order valence-electron chi connectivity index (χ4n) is 3.28. The van der Waals surface area contributed by atoms with Gasteiger partial charge in [-0.3, -0.25) is 4.79 Å². The monoisotopic (exact) mass is 289 g/mol. The Morgan fingerprint density at radius 3 is 2.43 bits per heavy atom. The van der Waals surface area contributed by atoms with Crippen LogP contribution in [0.25, 0.3) is 0 Å². The molecule has 1 saturated carbocycles. The first-order valence-corrected chi connectivity index (χ1v) is 8.02. The molecule has 0 aliphatic heterocycles. The molecule has 1 aromatic rings. The Hall–Kier alpha value is -1.51. The number of hydrogen-bond acceptors (Lipinski definition) is 2. The maximum Gasteiger partial charge on any atom is 0.305 e. The lowest BCUT2D eigenvalue weighted by Crippen LogP contribution is -2.41. The van der Waals surface area contributed by atoms with E-state index in [1.807, 2.05) is 0 Å². The number of anilines is 1. The third-order valence-electron chi connectivity index (χ3n) is 4.94.